The van der Waals surface area contributed by atoms with Crippen LogP contribution >= 0.6 is 0 Å². The van der Waals surface area contributed by atoms with Gasteiger partial charge in [0.05, 0.1) is 13.2 Å². The molecule has 2 heterocycles. The Kier molecular flexibility index (Phi) is 5.19. The SMILES string of the molecule is COc1cccc([C@@H]2C[C@H](C(=O)N3C[C@@]4(C)C[C@H]3CC(C)(C)C4)N(C)S(=O)(=O)N2)c1. The molecule has 3 aliphatic rings. The van der Waals surface area contributed by atoms with Crippen LogP contribution in [0.2, 0.25) is 0 Å². The molecular formula is C22H33N3O4S. The van der Waals surface area contributed by atoms with Crippen molar-refractivity contribution in [3.8, 4) is 5.75 Å². The van der Waals surface area contributed by atoms with E-state index in [-0.39, 0.29) is 22.8 Å². The third-order valence-corrected chi connectivity index (χ3v) is 8.64. The van der Waals surface area contributed by atoms with Crippen LogP contribution in [0.3, 0.4) is 0 Å². The number of likely N-dealkylation sites (tertiary alicyclic amines) is 1. The Morgan fingerprint density at radius 2 is 1.97 bits per heavy atom. The molecular weight excluding hydrogens is 402 g/mol. The monoisotopic (exact) mass is 435 g/mol. The van der Waals surface area contributed by atoms with Crippen LogP contribution in [0, 0.1) is 10.8 Å². The van der Waals surface area contributed by atoms with E-state index in [1.807, 2.05) is 29.2 Å². The molecule has 166 valence electrons. The van der Waals surface area contributed by atoms with Gasteiger partial charge in [-0.2, -0.15) is 17.4 Å². The zero-order valence-corrected chi connectivity index (χ0v) is 19.3. The van der Waals surface area contributed by atoms with Crippen molar-refractivity contribution in [3.05, 3.63) is 29.8 Å². The fourth-order valence-corrected chi connectivity index (χ4v) is 7.35. The van der Waals surface area contributed by atoms with Crippen LogP contribution in [0.4, 0.5) is 0 Å². The molecule has 2 aliphatic heterocycles. The smallest absolute Gasteiger partial charge is 0.280 e. The van der Waals surface area contributed by atoms with Gasteiger partial charge in [-0.1, -0.05) is 32.9 Å². The number of fused-ring (bicyclic) bond motifs is 2. The lowest BCUT2D eigenvalue weighted by Crippen LogP contribution is -2.58. The molecule has 4 atom stereocenters. The van der Waals surface area contributed by atoms with Gasteiger partial charge in [-0.15, -0.1) is 0 Å². The molecule has 3 fully saturated rings. The Morgan fingerprint density at radius 3 is 2.67 bits per heavy atom. The number of methoxy groups -OCH3 is 1. The van der Waals surface area contributed by atoms with E-state index in [2.05, 4.69) is 25.5 Å². The van der Waals surface area contributed by atoms with Crippen LogP contribution in [0.25, 0.3) is 0 Å². The van der Waals surface area contributed by atoms with Gasteiger partial charge in [0.25, 0.3) is 10.2 Å². The maximum Gasteiger partial charge on any atom is 0.280 e. The maximum atomic E-state index is 13.7. The lowest BCUT2D eigenvalue weighted by atomic mass is 9.65. The van der Waals surface area contributed by atoms with Crippen LogP contribution in [-0.2, 0) is 15.0 Å². The molecule has 0 unspecified atom stereocenters. The molecule has 2 saturated heterocycles. The number of ether oxygens (including phenoxy) is 1. The summed E-state index contributed by atoms with van der Waals surface area (Å²) in [6.07, 6.45) is 3.45. The molecule has 30 heavy (non-hydrogen) atoms. The highest BCUT2D eigenvalue weighted by Gasteiger charge is 2.53. The van der Waals surface area contributed by atoms with Gasteiger partial charge in [-0.25, -0.2) is 0 Å². The van der Waals surface area contributed by atoms with Crippen LogP contribution < -0.4 is 9.46 Å². The van der Waals surface area contributed by atoms with Crippen molar-refractivity contribution >= 4 is 16.1 Å². The van der Waals surface area contributed by atoms with Gasteiger partial charge in [0.15, 0.2) is 0 Å². The zero-order chi connectivity index (χ0) is 21.9. The molecule has 1 aliphatic carbocycles. The summed E-state index contributed by atoms with van der Waals surface area (Å²) in [4.78, 5) is 15.6. The van der Waals surface area contributed by atoms with E-state index in [1.54, 1.807) is 7.11 Å². The van der Waals surface area contributed by atoms with Crippen LogP contribution in [-0.4, -0.2) is 56.3 Å². The second-order valence-corrected chi connectivity index (χ2v) is 12.2. The van der Waals surface area contributed by atoms with E-state index >= 15 is 0 Å². The van der Waals surface area contributed by atoms with E-state index < -0.39 is 22.3 Å². The number of benzene rings is 1. The lowest BCUT2D eigenvalue weighted by molar-refractivity contribution is -0.137. The van der Waals surface area contributed by atoms with Crippen molar-refractivity contribution in [2.75, 3.05) is 20.7 Å². The Labute approximate surface area is 179 Å². The van der Waals surface area contributed by atoms with Gasteiger partial charge in [-0.05, 0) is 54.2 Å². The van der Waals surface area contributed by atoms with E-state index in [0.29, 0.717) is 18.7 Å². The first-order valence-corrected chi connectivity index (χ1v) is 12.1. The van der Waals surface area contributed by atoms with Gasteiger partial charge in [0, 0.05) is 19.6 Å². The first kappa shape index (κ1) is 21.6. The molecule has 0 aromatic heterocycles. The van der Waals surface area contributed by atoms with E-state index in [0.717, 1.165) is 24.8 Å². The average Bonchev–Trinajstić information content (AvgIpc) is 2.92. The molecule has 0 radical (unpaired) electrons. The number of likely N-dealkylation sites (N-methyl/N-ethyl adjacent to an activating group) is 1. The summed E-state index contributed by atoms with van der Waals surface area (Å²) in [6, 6.07) is 6.36. The van der Waals surface area contributed by atoms with Crippen LogP contribution in [0.5, 0.6) is 5.75 Å². The van der Waals surface area contributed by atoms with Crippen molar-refractivity contribution < 1.29 is 17.9 Å². The number of carbonyl (C=O) groups excluding carboxylic acids is 1. The molecule has 2 bridgehead atoms. The molecule has 8 heteroatoms. The van der Waals surface area contributed by atoms with Crippen LogP contribution in [0.1, 0.15) is 58.1 Å². The summed E-state index contributed by atoms with van der Waals surface area (Å²) < 4.78 is 34.9. The summed E-state index contributed by atoms with van der Waals surface area (Å²) in [5, 5.41) is 0. The largest absolute Gasteiger partial charge is 0.497 e. The van der Waals surface area contributed by atoms with Crippen molar-refractivity contribution in [2.24, 2.45) is 10.8 Å². The number of hydrogen-bond acceptors (Lipinski definition) is 4. The number of nitrogens with zero attached hydrogens (tertiary/aromatic N) is 2. The number of nitrogens with one attached hydrogen (secondary N) is 1. The topological polar surface area (TPSA) is 79.0 Å². The molecule has 4 rings (SSSR count). The normalized spacial score (nSPS) is 35.2. The zero-order valence-electron chi connectivity index (χ0n) is 18.5. The van der Waals surface area contributed by atoms with Gasteiger partial charge in [0.1, 0.15) is 11.8 Å². The highest BCUT2D eigenvalue weighted by Crippen LogP contribution is 2.52. The highest BCUT2D eigenvalue weighted by atomic mass is 32.2. The average molecular weight is 436 g/mol. The minimum atomic E-state index is -3.77. The molecule has 1 aromatic carbocycles. The predicted molar refractivity (Wildman–Crippen MR) is 115 cm³/mol. The molecule has 1 N–H and O–H groups in total. The maximum absolute atomic E-state index is 13.7. The third-order valence-electron chi connectivity index (χ3n) is 7.05. The molecule has 1 aromatic rings. The van der Waals surface area contributed by atoms with E-state index in [9.17, 15) is 13.2 Å². The summed E-state index contributed by atoms with van der Waals surface area (Å²) in [5.74, 6) is 0.596. The first-order valence-electron chi connectivity index (χ1n) is 10.6. The van der Waals surface area contributed by atoms with Gasteiger partial charge >= 0.3 is 0 Å². The molecule has 1 amide bonds. The van der Waals surface area contributed by atoms with Crippen molar-refractivity contribution in [1.29, 1.82) is 0 Å². The number of carbonyl (C=O) groups is 1. The Bertz CT molecular complexity index is 947. The van der Waals surface area contributed by atoms with Gasteiger partial charge < -0.3 is 9.64 Å². The number of amides is 1. The minimum absolute atomic E-state index is 0.0677. The standard InChI is InChI=1S/C22H33N3O4S/c1-21(2)11-16-12-22(3,13-21)14-25(16)20(26)19-10-18(23-30(27,28)24(19)4)15-7-6-8-17(9-15)29-5/h6-9,16,18-19,23H,10-14H2,1-5H3/t16-,18+,19-,22+/m1/s1. The molecule has 1 saturated carbocycles. The highest BCUT2D eigenvalue weighted by molar-refractivity contribution is 7.87. The summed E-state index contributed by atoms with van der Waals surface area (Å²) in [5.41, 5.74) is 1.11. The number of hydrogen-bond donors (Lipinski definition) is 1. The molecule has 7 nitrogen and oxygen atoms in total. The first-order chi connectivity index (χ1) is 13.9. The summed E-state index contributed by atoms with van der Waals surface area (Å²) in [7, 11) is -0.686. The number of rotatable bonds is 3. The second-order valence-electron chi connectivity index (χ2n) is 10.4. The van der Waals surface area contributed by atoms with E-state index in [1.165, 1.54) is 11.4 Å². The van der Waals surface area contributed by atoms with E-state index in [4.69, 9.17) is 4.74 Å². The second kappa shape index (κ2) is 7.21. The van der Waals surface area contributed by atoms with Crippen LogP contribution in [0.15, 0.2) is 24.3 Å². The van der Waals surface area contributed by atoms with Crippen molar-refractivity contribution in [2.45, 2.75) is 64.6 Å². The Hall–Kier alpha value is -1.64. The lowest BCUT2D eigenvalue weighted by Gasteiger charge is -2.41. The quantitative estimate of drug-likeness (QED) is 0.792. The summed E-state index contributed by atoms with van der Waals surface area (Å²) >= 11 is 0. The van der Waals surface area contributed by atoms with Gasteiger partial charge in [-0.3, -0.25) is 4.79 Å². The fraction of sp³-hybridized carbons (Fsp3) is 0.682. The Morgan fingerprint density at radius 1 is 1.23 bits per heavy atom. The fourth-order valence-electron chi connectivity index (χ4n) is 6.08. The van der Waals surface area contributed by atoms with Crippen molar-refractivity contribution in [1.82, 2.24) is 13.9 Å². The summed E-state index contributed by atoms with van der Waals surface area (Å²) in [6.45, 7) is 7.51. The molecule has 0 spiro atoms. The predicted octanol–water partition coefficient (Wildman–Crippen LogP) is 2.70. The minimum Gasteiger partial charge on any atom is -0.497 e. The van der Waals surface area contributed by atoms with Gasteiger partial charge in [0.2, 0.25) is 5.91 Å². The third kappa shape index (κ3) is 3.85. The Balaban J connectivity index is 1.61. The van der Waals surface area contributed by atoms with Crippen molar-refractivity contribution in [3.63, 3.8) is 0 Å².